The van der Waals surface area contributed by atoms with Crippen LogP contribution in [0, 0.1) is 13.8 Å². The maximum Gasteiger partial charge on any atom is 0.338 e. The summed E-state index contributed by atoms with van der Waals surface area (Å²) in [5, 5.41) is 10.6. The molecule has 0 unspecified atom stereocenters. The molecule has 0 atom stereocenters. The van der Waals surface area contributed by atoms with Gasteiger partial charge in [0.25, 0.3) is 5.91 Å². The summed E-state index contributed by atoms with van der Waals surface area (Å²) in [7, 11) is 1.31. The summed E-state index contributed by atoms with van der Waals surface area (Å²) in [6, 6.07) is 8.20. The number of alkyl halides is 2. The lowest BCUT2D eigenvalue weighted by molar-refractivity contribution is 0.0560. The van der Waals surface area contributed by atoms with Crippen LogP contribution < -0.4 is 5.32 Å². The lowest BCUT2D eigenvalue weighted by Crippen LogP contribution is -2.15. The SMILES string of the molecule is COC(=O)c1ccccc1Cn1nc(C)c(NC(=O)c2ccn(C(F)F)n2)c1C. The van der Waals surface area contributed by atoms with E-state index in [0.717, 1.165) is 6.20 Å². The zero-order valence-electron chi connectivity index (χ0n) is 16.0. The highest BCUT2D eigenvalue weighted by molar-refractivity contribution is 6.03. The van der Waals surface area contributed by atoms with Gasteiger partial charge in [-0.2, -0.15) is 19.0 Å². The predicted molar refractivity (Wildman–Crippen MR) is 100 cm³/mol. The number of hydrogen-bond acceptors (Lipinski definition) is 5. The monoisotopic (exact) mass is 403 g/mol. The van der Waals surface area contributed by atoms with Crippen LogP contribution in [0.1, 0.15) is 44.3 Å². The highest BCUT2D eigenvalue weighted by atomic mass is 19.3. The van der Waals surface area contributed by atoms with E-state index in [4.69, 9.17) is 4.74 Å². The molecule has 1 N–H and O–H groups in total. The number of carbonyl (C=O) groups excluding carboxylic acids is 2. The molecule has 8 nitrogen and oxygen atoms in total. The average molecular weight is 403 g/mol. The van der Waals surface area contributed by atoms with Gasteiger partial charge in [-0.25, -0.2) is 9.48 Å². The van der Waals surface area contributed by atoms with Crippen molar-refractivity contribution < 1.29 is 23.1 Å². The molecule has 0 spiro atoms. The Morgan fingerprint density at radius 3 is 2.55 bits per heavy atom. The van der Waals surface area contributed by atoms with E-state index in [-0.39, 0.29) is 12.2 Å². The zero-order valence-corrected chi connectivity index (χ0v) is 16.0. The highest BCUT2D eigenvalue weighted by Crippen LogP contribution is 2.22. The number of aryl methyl sites for hydroxylation is 1. The van der Waals surface area contributed by atoms with Crippen LogP contribution in [-0.4, -0.2) is 38.5 Å². The molecule has 1 aromatic carbocycles. The topological polar surface area (TPSA) is 91.0 Å². The number of carbonyl (C=O) groups is 2. The summed E-state index contributed by atoms with van der Waals surface area (Å²) in [5.74, 6) is -1.07. The van der Waals surface area contributed by atoms with Crippen molar-refractivity contribution in [1.29, 1.82) is 0 Å². The smallest absolute Gasteiger partial charge is 0.338 e. The summed E-state index contributed by atoms with van der Waals surface area (Å²) in [6.07, 6.45) is 1.03. The fourth-order valence-electron chi connectivity index (χ4n) is 2.91. The first-order valence-corrected chi connectivity index (χ1v) is 8.66. The number of amides is 1. The van der Waals surface area contributed by atoms with Crippen molar-refractivity contribution in [2.45, 2.75) is 26.9 Å². The van der Waals surface area contributed by atoms with E-state index in [1.807, 2.05) is 0 Å². The fraction of sp³-hybridized carbons (Fsp3) is 0.263. The van der Waals surface area contributed by atoms with Crippen molar-refractivity contribution in [3.05, 3.63) is 64.7 Å². The van der Waals surface area contributed by atoms with Crippen molar-refractivity contribution >= 4 is 17.6 Å². The molecule has 3 aromatic rings. The van der Waals surface area contributed by atoms with Crippen molar-refractivity contribution in [1.82, 2.24) is 19.6 Å². The molecule has 0 saturated heterocycles. The molecule has 0 aliphatic rings. The second kappa shape index (κ2) is 8.21. The van der Waals surface area contributed by atoms with Crippen molar-refractivity contribution in [2.24, 2.45) is 0 Å². The Balaban J connectivity index is 1.84. The Hall–Kier alpha value is -3.56. The van der Waals surface area contributed by atoms with E-state index in [1.54, 1.807) is 42.8 Å². The van der Waals surface area contributed by atoms with Gasteiger partial charge in [0.2, 0.25) is 0 Å². The van der Waals surface area contributed by atoms with Gasteiger partial charge in [0.15, 0.2) is 5.69 Å². The van der Waals surface area contributed by atoms with Gasteiger partial charge in [0.1, 0.15) is 0 Å². The maximum absolute atomic E-state index is 12.6. The Labute approximate surface area is 165 Å². The number of rotatable bonds is 6. The van der Waals surface area contributed by atoms with Crippen LogP contribution in [0.25, 0.3) is 0 Å². The molecule has 2 heterocycles. The molecule has 0 bridgehead atoms. The molecular formula is C19H19F2N5O3. The number of ether oxygens (including phenoxy) is 1. The van der Waals surface area contributed by atoms with E-state index in [9.17, 15) is 18.4 Å². The Morgan fingerprint density at radius 2 is 1.90 bits per heavy atom. The minimum Gasteiger partial charge on any atom is -0.465 e. The average Bonchev–Trinajstić information content (AvgIpc) is 3.29. The number of hydrogen-bond donors (Lipinski definition) is 1. The van der Waals surface area contributed by atoms with Gasteiger partial charge in [0.05, 0.1) is 36.3 Å². The fourth-order valence-corrected chi connectivity index (χ4v) is 2.91. The number of benzene rings is 1. The largest absolute Gasteiger partial charge is 0.465 e. The van der Waals surface area contributed by atoms with Gasteiger partial charge in [-0.05, 0) is 31.5 Å². The second-order valence-electron chi connectivity index (χ2n) is 6.26. The summed E-state index contributed by atoms with van der Waals surface area (Å²) in [4.78, 5) is 24.3. The van der Waals surface area contributed by atoms with Gasteiger partial charge in [-0.1, -0.05) is 18.2 Å². The van der Waals surface area contributed by atoms with Crippen LogP contribution >= 0.6 is 0 Å². The zero-order chi connectivity index (χ0) is 21.1. The van der Waals surface area contributed by atoms with E-state index < -0.39 is 18.4 Å². The molecule has 152 valence electrons. The third-order valence-electron chi connectivity index (χ3n) is 4.40. The third kappa shape index (κ3) is 4.15. The van der Waals surface area contributed by atoms with Gasteiger partial charge in [-0.15, -0.1) is 0 Å². The Morgan fingerprint density at radius 1 is 1.17 bits per heavy atom. The molecule has 0 fully saturated rings. The summed E-state index contributed by atoms with van der Waals surface area (Å²) in [5.41, 5.74) is 2.64. The molecule has 10 heteroatoms. The number of nitrogens with zero attached hydrogens (tertiary/aromatic N) is 4. The first-order chi connectivity index (χ1) is 13.8. The molecule has 1 amide bonds. The molecule has 0 saturated carbocycles. The van der Waals surface area contributed by atoms with E-state index in [1.165, 1.54) is 13.2 Å². The Bertz CT molecular complexity index is 1060. The molecule has 0 aliphatic carbocycles. The minimum atomic E-state index is -2.82. The van der Waals surface area contributed by atoms with Crippen LogP contribution in [0.15, 0.2) is 36.5 Å². The van der Waals surface area contributed by atoms with E-state index in [0.29, 0.717) is 32.9 Å². The second-order valence-corrected chi connectivity index (χ2v) is 6.26. The summed E-state index contributed by atoms with van der Waals surface area (Å²) in [6.45, 7) is 0.933. The molecular weight excluding hydrogens is 384 g/mol. The van der Waals surface area contributed by atoms with Crippen molar-refractivity contribution in [2.75, 3.05) is 12.4 Å². The van der Waals surface area contributed by atoms with Crippen LogP contribution in [0.2, 0.25) is 0 Å². The minimum absolute atomic E-state index is 0.132. The van der Waals surface area contributed by atoms with Crippen LogP contribution in [0.4, 0.5) is 14.5 Å². The third-order valence-corrected chi connectivity index (χ3v) is 4.40. The van der Waals surface area contributed by atoms with Gasteiger partial charge < -0.3 is 10.1 Å². The van der Waals surface area contributed by atoms with Gasteiger partial charge in [0, 0.05) is 6.20 Å². The molecule has 0 aliphatic heterocycles. The first kappa shape index (κ1) is 20.2. The maximum atomic E-state index is 12.6. The number of esters is 1. The van der Waals surface area contributed by atoms with Crippen LogP contribution in [0.5, 0.6) is 0 Å². The molecule has 3 rings (SSSR count). The van der Waals surface area contributed by atoms with Crippen molar-refractivity contribution in [3.8, 4) is 0 Å². The van der Waals surface area contributed by atoms with E-state index in [2.05, 4.69) is 15.5 Å². The van der Waals surface area contributed by atoms with Gasteiger partial charge in [-0.3, -0.25) is 9.48 Å². The molecule has 2 aromatic heterocycles. The van der Waals surface area contributed by atoms with Crippen LogP contribution in [-0.2, 0) is 11.3 Å². The first-order valence-electron chi connectivity index (χ1n) is 8.66. The standard InChI is InChI=1S/C19H19F2N5O3/c1-11-16(22-17(27)15-8-9-25(24-15)19(20)21)12(2)26(23-11)10-13-6-4-5-7-14(13)18(28)29-3/h4-9,19H,10H2,1-3H3,(H,22,27). The summed E-state index contributed by atoms with van der Waals surface area (Å²) < 4.78 is 32.1. The number of nitrogens with one attached hydrogen (secondary N) is 1. The number of anilines is 1. The Kier molecular flexibility index (Phi) is 5.71. The quantitative estimate of drug-likeness (QED) is 0.639. The number of methoxy groups -OCH3 is 1. The van der Waals surface area contributed by atoms with Crippen LogP contribution in [0.3, 0.4) is 0 Å². The van der Waals surface area contributed by atoms with Gasteiger partial charge >= 0.3 is 12.5 Å². The summed E-state index contributed by atoms with van der Waals surface area (Å²) >= 11 is 0. The number of aromatic nitrogens is 4. The normalized spacial score (nSPS) is 11.0. The highest BCUT2D eigenvalue weighted by Gasteiger charge is 2.19. The van der Waals surface area contributed by atoms with Crippen molar-refractivity contribution in [3.63, 3.8) is 0 Å². The number of halogens is 2. The predicted octanol–water partition coefficient (Wildman–Crippen LogP) is 3.18. The molecule has 0 radical (unpaired) electrons. The lowest BCUT2D eigenvalue weighted by atomic mass is 10.1. The molecule has 29 heavy (non-hydrogen) atoms. The lowest BCUT2D eigenvalue weighted by Gasteiger charge is -2.10. The van der Waals surface area contributed by atoms with E-state index >= 15 is 0 Å².